The molecule has 0 N–H and O–H groups in total. The Labute approximate surface area is 334 Å². The van der Waals surface area contributed by atoms with Crippen LogP contribution < -0.4 is 10.0 Å². The monoisotopic (exact) mass is 750 g/mol. The highest BCUT2D eigenvalue weighted by molar-refractivity contribution is 8.34. The van der Waals surface area contributed by atoms with Crippen molar-refractivity contribution >= 4 is 48.9 Å². The smallest absolute Gasteiger partial charge is 0.0909 e. The first kappa shape index (κ1) is 33.2. The van der Waals surface area contributed by atoms with Crippen LogP contribution in [0.1, 0.15) is 0 Å². The first-order valence-corrected chi connectivity index (χ1v) is 21.0. The van der Waals surface area contributed by atoms with Gasteiger partial charge in [0, 0.05) is 48.4 Å². The molecule has 2 aliphatic heterocycles. The second kappa shape index (κ2) is 13.5. The summed E-state index contributed by atoms with van der Waals surface area (Å²) < 4.78 is 2.45. The lowest BCUT2D eigenvalue weighted by Crippen LogP contribution is -2.40. The van der Waals surface area contributed by atoms with E-state index in [9.17, 15) is 0 Å². The van der Waals surface area contributed by atoms with Gasteiger partial charge in [0.1, 0.15) is 0 Å². The van der Waals surface area contributed by atoms with Gasteiger partial charge in [-0.1, -0.05) is 115 Å². The van der Waals surface area contributed by atoms with E-state index < -0.39 is 10.0 Å². The summed E-state index contributed by atoms with van der Waals surface area (Å²) in [5.74, 6) is 0. The van der Waals surface area contributed by atoms with Crippen molar-refractivity contribution in [2.75, 3.05) is 10.0 Å². The molecule has 0 saturated carbocycles. The lowest BCUT2D eigenvalue weighted by atomic mass is 10.1. The zero-order valence-corrected chi connectivity index (χ0v) is 32.0. The van der Waals surface area contributed by atoms with E-state index in [0.717, 1.165) is 22.7 Å². The van der Waals surface area contributed by atoms with E-state index in [0.29, 0.717) is 0 Å². The second-order valence-corrected chi connectivity index (χ2v) is 17.4. The standard InChI is InChI=1S/C52H38N4S/c1-4-18-39(19-5-1)40-20-16-26-45(36-40)57(43-22-6-2-7-23-43,44-24-8-3-9-25-44)46-27-17-21-41(37-46)55-49-29-11-10-28-47(49)48-38-42(32-33-50(48)55)56-52-31-13-12-30-51(52)53-34-14-15-35-54(53)56/h1-38H. The summed E-state index contributed by atoms with van der Waals surface area (Å²) in [6.45, 7) is 0. The maximum absolute atomic E-state index is 2.45. The molecule has 9 aromatic rings. The van der Waals surface area contributed by atoms with Gasteiger partial charge in [-0.25, -0.2) is 10.0 Å². The zero-order valence-electron chi connectivity index (χ0n) is 31.1. The highest BCUT2D eigenvalue weighted by Gasteiger charge is 2.35. The first-order valence-electron chi connectivity index (χ1n) is 19.3. The van der Waals surface area contributed by atoms with E-state index in [-0.39, 0.29) is 0 Å². The largest absolute Gasteiger partial charge is 0.309 e. The fourth-order valence-corrected chi connectivity index (χ4v) is 12.6. The zero-order chi connectivity index (χ0) is 37.8. The molecule has 8 aromatic carbocycles. The number of hydrogen-bond donors (Lipinski definition) is 0. The number of nitrogens with zero attached hydrogens (tertiary/aromatic N) is 4. The van der Waals surface area contributed by atoms with Crippen molar-refractivity contribution in [2.45, 2.75) is 19.6 Å². The molecular weight excluding hydrogens is 713 g/mol. The van der Waals surface area contributed by atoms with Crippen LogP contribution in [0.4, 0.5) is 17.1 Å². The van der Waals surface area contributed by atoms with Crippen molar-refractivity contribution < 1.29 is 0 Å². The normalized spacial score (nSPS) is 13.6. The molecule has 0 aliphatic carbocycles. The van der Waals surface area contributed by atoms with Crippen LogP contribution >= 0.6 is 10.0 Å². The van der Waals surface area contributed by atoms with E-state index in [1.807, 2.05) is 0 Å². The van der Waals surface area contributed by atoms with Crippen molar-refractivity contribution in [3.05, 3.63) is 231 Å². The fourth-order valence-electron chi connectivity index (χ4n) is 8.70. The summed E-state index contributed by atoms with van der Waals surface area (Å²) in [4.78, 5) is 5.18. The van der Waals surface area contributed by atoms with Gasteiger partial charge in [-0.15, -0.1) is 10.0 Å². The Morgan fingerprint density at radius 2 is 0.930 bits per heavy atom. The second-order valence-electron chi connectivity index (χ2n) is 14.3. The average molecular weight is 751 g/mol. The molecule has 272 valence electrons. The topological polar surface area (TPSA) is 14.7 Å². The summed E-state index contributed by atoms with van der Waals surface area (Å²) in [6, 6.07) is 75.8. The van der Waals surface area contributed by atoms with E-state index in [2.05, 4.69) is 251 Å². The Hall–Kier alpha value is -7.21. The predicted molar refractivity (Wildman–Crippen MR) is 237 cm³/mol. The van der Waals surface area contributed by atoms with Gasteiger partial charge in [0.15, 0.2) is 0 Å². The molecule has 0 fully saturated rings. The van der Waals surface area contributed by atoms with Crippen LogP contribution in [0.3, 0.4) is 0 Å². The van der Waals surface area contributed by atoms with Crippen LogP contribution in [0.2, 0.25) is 0 Å². The number of hydrazine groups is 2. The summed E-state index contributed by atoms with van der Waals surface area (Å²) in [5.41, 5.74) is 9.30. The minimum absolute atomic E-state index is 1.10. The molecular formula is C52H38N4S. The van der Waals surface area contributed by atoms with Crippen LogP contribution in [0.25, 0.3) is 38.6 Å². The highest BCUT2D eigenvalue weighted by atomic mass is 32.3. The molecule has 0 unspecified atom stereocenters. The van der Waals surface area contributed by atoms with Gasteiger partial charge in [0.2, 0.25) is 0 Å². The van der Waals surface area contributed by atoms with Gasteiger partial charge >= 0.3 is 0 Å². The van der Waals surface area contributed by atoms with Gasteiger partial charge in [-0.2, -0.15) is 5.12 Å². The molecule has 0 radical (unpaired) electrons. The Morgan fingerprint density at radius 3 is 1.70 bits per heavy atom. The van der Waals surface area contributed by atoms with Crippen LogP contribution in [0.5, 0.6) is 0 Å². The first-order chi connectivity index (χ1) is 28.3. The summed E-state index contributed by atoms with van der Waals surface area (Å²) in [5, 5.41) is 9.09. The van der Waals surface area contributed by atoms with E-state index >= 15 is 0 Å². The van der Waals surface area contributed by atoms with Crippen LogP contribution in [0.15, 0.2) is 250 Å². The Morgan fingerprint density at radius 1 is 0.351 bits per heavy atom. The number of rotatable bonds is 7. The molecule has 4 nitrogen and oxygen atoms in total. The number of allylic oxidation sites excluding steroid dienone is 2. The number of fused-ring (bicyclic) bond motifs is 6. The fraction of sp³-hybridized carbons (Fsp3) is 0. The molecule has 5 heteroatoms. The molecule has 11 rings (SSSR count). The van der Waals surface area contributed by atoms with E-state index in [4.69, 9.17) is 0 Å². The van der Waals surface area contributed by atoms with Crippen LogP contribution in [-0.2, 0) is 0 Å². The Bertz CT molecular complexity index is 2950. The van der Waals surface area contributed by atoms with Crippen LogP contribution in [-0.4, -0.2) is 9.69 Å². The lowest BCUT2D eigenvalue weighted by molar-refractivity contribution is 0.408. The van der Waals surface area contributed by atoms with Crippen molar-refractivity contribution in [1.82, 2.24) is 9.69 Å². The number of aromatic nitrogens is 1. The van der Waals surface area contributed by atoms with Gasteiger partial charge in [-0.3, -0.25) is 0 Å². The van der Waals surface area contributed by atoms with Crippen molar-refractivity contribution in [3.8, 4) is 16.8 Å². The molecule has 0 atom stereocenters. The van der Waals surface area contributed by atoms with Crippen molar-refractivity contribution in [1.29, 1.82) is 0 Å². The number of hydrogen-bond acceptors (Lipinski definition) is 3. The quantitative estimate of drug-likeness (QED) is 0.161. The number of anilines is 3. The lowest BCUT2D eigenvalue weighted by Gasteiger charge is -2.42. The van der Waals surface area contributed by atoms with Gasteiger partial charge < -0.3 is 4.57 Å². The van der Waals surface area contributed by atoms with Gasteiger partial charge in [0.25, 0.3) is 0 Å². The van der Waals surface area contributed by atoms with Crippen LogP contribution in [0, 0.1) is 0 Å². The minimum atomic E-state index is -1.96. The van der Waals surface area contributed by atoms with Gasteiger partial charge in [0.05, 0.1) is 28.1 Å². The predicted octanol–water partition coefficient (Wildman–Crippen LogP) is 13.9. The third-order valence-electron chi connectivity index (χ3n) is 11.2. The molecule has 1 aromatic heterocycles. The molecule has 57 heavy (non-hydrogen) atoms. The summed E-state index contributed by atoms with van der Waals surface area (Å²) in [7, 11) is -1.96. The molecule has 0 spiro atoms. The van der Waals surface area contributed by atoms with E-state index in [1.165, 1.54) is 52.5 Å². The average Bonchev–Trinajstić information content (AvgIpc) is 3.81. The minimum Gasteiger partial charge on any atom is -0.309 e. The number of para-hydroxylation sites is 3. The Balaban J connectivity index is 1.13. The summed E-state index contributed by atoms with van der Waals surface area (Å²) in [6.07, 6.45) is 8.38. The number of benzene rings is 8. The maximum atomic E-state index is 2.45. The highest BCUT2D eigenvalue weighted by Crippen LogP contribution is 2.73. The van der Waals surface area contributed by atoms with Gasteiger partial charge in [-0.05, 0) is 114 Å². The molecule has 0 bridgehead atoms. The SMILES string of the molecule is C1=CN2c3ccccc3N(c3ccc4c(c3)c3ccccc3n4-c3cccc(S(c4ccccc4)(c4ccccc4)c4cccc(-c5ccccc5)c4)c3)N2C=C1. The van der Waals surface area contributed by atoms with Crippen molar-refractivity contribution in [2.24, 2.45) is 0 Å². The summed E-state index contributed by atoms with van der Waals surface area (Å²) >= 11 is 0. The third kappa shape index (κ3) is 5.24. The molecule has 0 amide bonds. The molecule has 2 aliphatic rings. The maximum Gasteiger partial charge on any atom is 0.0909 e. The van der Waals surface area contributed by atoms with E-state index in [1.54, 1.807) is 0 Å². The molecule has 0 saturated heterocycles. The molecule has 3 heterocycles. The third-order valence-corrected chi connectivity index (χ3v) is 15.0. The van der Waals surface area contributed by atoms with Crippen molar-refractivity contribution in [3.63, 3.8) is 0 Å². The Kier molecular flexibility index (Phi) is 7.86.